The van der Waals surface area contributed by atoms with Crippen molar-refractivity contribution in [3.8, 4) is 0 Å². The fourth-order valence-corrected chi connectivity index (χ4v) is 1.88. The van der Waals surface area contributed by atoms with E-state index >= 15 is 0 Å². The fourth-order valence-electron chi connectivity index (χ4n) is 1.75. The van der Waals surface area contributed by atoms with Crippen LogP contribution in [0.15, 0.2) is 42.5 Å². The van der Waals surface area contributed by atoms with Gasteiger partial charge in [0.05, 0.1) is 5.69 Å². The lowest BCUT2D eigenvalue weighted by atomic mass is 9.90. The molecular formula is C13H15ClN2O. The van der Waals surface area contributed by atoms with Crippen molar-refractivity contribution in [2.24, 2.45) is 11.7 Å². The van der Waals surface area contributed by atoms with Crippen LogP contribution in [-0.4, -0.2) is 10.2 Å². The van der Waals surface area contributed by atoms with Gasteiger partial charge in [0.15, 0.2) is 0 Å². The Morgan fingerprint density at radius 2 is 2.00 bits per heavy atom. The second-order valence-electron chi connectivity index (χ2n) is 4.26. The maximum atomic E-state index is 8.74. The number of nitrogens with one attached hydrogen (secondary N) is 1. The van der Waals surface area contributed by atoms with Crippen LogP contribution in [0.5, 0.6) is 0 Å². The van der Waals surface area contributed by atoms with Crippen molar-refractivity contribution in [1.82, 2.24) is 0 Å². The van der Waals surface area contributed by atoms with Gasteiger partial charge in [-0.3, -0.25) is 10.7 Å². The van der Waals surface area contributed by atoms with Gasteiger partial charge in [-0.15, -0.1) is 0 Å². The number of benzene rings is 1. The molecule has 2 atom stereocenters. The molecule has 0 saturated carbocycles. The molecule has 0 aromatic heterocycles. The van der Waals surface area contributed by atoms with Gasteiger partial charge in [0.1, 0.15) is 5.00 Å². The summed E-state index contributed by atoms with van der Waals surface area (Å²) in [4.78, 5) is -0.796. The normalized spacial score (nSPS) is 27.8. The second kappa shape index (κ2) is 4.53. The smallest absolute Gasteiger partial charge is 0.116 e. The van der Waals surface area contributed by atoms with Gasteiger partial charge in [0, 0.05) is 5.92 Å². The summed E-state index contributed by atoms with van der Waals surface area (Å²) in [5.41, 5.74) is 10.8. The van der Waals surface area contributed by atoms with Crippen LogP contribution in [0, 0.1) is 5.92 Å². The summed E-state index contributed by atoms with van der Waals surface area (Å²) >= 11 is 6.13. The summed E-state index contributed by atoms with van der Waals surface area (Å²) in [5, 5.41) is 8.74. The number of hydrogen-bond acceptors (Lipinski definition) is 3. The highest BCUT2D eigenvalue weighted by atomic mass is 35.5. The number of alkyl halides is 1. The Labute approximate surface area is 106 Å². The molecule has 1 aliphatic carbocycles. The van der Waals surface area contributed by atoms with E-state index in [0.29, 0.717) is 5.69 Å². The lowest BCUT2D eigenvalue weighted by Gasteiger charge is -2.27. The molecule has 1 aromatic rings. The van der Waals surface area contributed by atoms with E-state index in [1.165, 1.54) is 0 Å². The van der Waals surface area contributed by atoms with Crippen LogP contribution in [-0.2, 0) is 0 Å². The van der Waals surface area contributed by atoms with Crippen molar-refractivity contribution in [2.75, 3.05) is 5.48 Å². The Bertz CT molecular complexity index is 463. The summed E-state index contributed by atoms with van der Waals surface area (Å²) in [6.07, 6.45) is 5.79. The highest BCUT2D eigenvalue weighted by Crippen LogP contribution is 2.32. The summed E-state index contributed by atoms with van der Waals surface area (Å²) in [5.74, 6) is 0.0693. The van der Waals surface area contributed by atoms with Crippen LogP contribution in [0.1, 0.15) is 12.5 Å². The monoisotopic (exact) mass is 250 g/mol. The molecule has 0 radical (unpaired) electrons. The van der Waals surface area contributed by atoms with E-state index in [0.717, 1.165) is 11.1 Å². The molecule has 0 heterocycles. The van der Waals surface area contributed by atoms with Gasteiger partial charge in [-0.1, -0.05) is 42.8 Å². The topological polar surface area (TPSA) is 58.3 Å². The van der Waals surface area contributed by atoms with Crippen molar-refractivity contribution >= 4 is 22.9 Å². The maximum Gasteiger partial charge on any atom is 0.116 e. The molecule has 1 aromatic carbocycles. The van der Waals surface area contributed by atoms with Crippen molar-refractivity contribution in [3.63, 3.8) is 0 Å². The molecule has 0 aliphatic heterocycles. The van der Waals surface area contributed by atoms with Gasteiger partial charge in [-0.2, -0.15) is 0 Å². The predicted octanol–water partition coefficient (Wildman–Crippen LogP) is 2.97. The molecule has 4 heteroatoms. The Hall–Kier alpha value is -1.29. The van der Waals surface area contributed by atoms with E-state index in [4.69, 9.17) is 22.5 Å². The standard InChI is InChI=1S/C13H15ClN2O/c1-9-8-11(6-7-13(9,14)15)10-2-4-12(16-17)5-3-10/h2-9,16-17H,15H2,1H3. The quantitative estimate of drug-likeness (QED) is 0.430. The predicted molar refractivity (Wildman–Crippen MR) is 70.9 cm³/mol. The zero-order valence-corrected chi connectivity index (χ0v) is 10.3. The molecule has 2 unspecified atom stereocenters. The number of halogens is 1. The first kappa shape index (κ1) is 12.2. The Kier molecular flexibility index (Phi) is 3.24. The maximum absolute atomic E-state index is 8.74. The summed E-state index contributed by atoms with van der Waals surface area (Å²) in [6, 6.07) is 7.47. The number of allylic oxidation sites excluding steroid dienone is 2. The van der Waals surface area contributed by atoms with Crippen molar-refractivity contribution in [2.45, 2.75) is 11.9 Å². The largest absolute Gasteiger partial charge is 0.309 e. The molecule has 0 bridgehead atoms. The summed E-state index contributed by atoms with van der Waals surface area (Å²) < 4.78 is 0. The number of rotatable bonds is 2. The highest BCUT2D eigenvalue weighted by Gasteiger charge is 2.27. The summed E-state index contributed by atoms with van der Waals surface area (Å²) in [6.45, 7) is 1.99. The molecular weight excluding hydrogens is 236 g/mol. The number of nitrogens with two attached hydrogens (primary N) is 1. The Balaban J connectivity index is 2.27. The second-order valence-corrected chi connectivity index (χ2v) is 4.92. The van der Waals surface area contributed by atoms with E-state index in [2.05, 4.69) is 5.48 Å². The minimum Gasteiger partial charge on any atom is -0.309 e. The Morgan fingerprint density at radius 3 is 2.53 bits per heavy atom. The zero-order chi connectivity index (χ0) is 12.5. The number of anilines is 1. The van der Waals surface area contributed by atoms with E-state index < -0.39 is 5.00 Å². The van der Waals surface area contributed by atoms with E-state index in [9.17, 15) is 0 Å². The van der Waals surface area contributed by atoms with Crippen LogP contribution < -0.4 is 11.2 Å². The van der Waals surface area contributed by atoms with Crippen molar-refractivity contribution in [1.29, 1.82) is 0 Å². The molecule has 0 amide bonds. The van der Waals surface area contributed by atoms with Gasteiger partial charge >= 0.3 is 0 Å². The molecule has 17 heavy (non-hydrogen) atoms. The van der Waals surface area contributed by atoms with E-state index in [-0.39, 0.29) is 5.92 Å². The minimum atomic E-state index is -0.796. The van der Waals surface area contributed by atoms with Crippen LogP contribution in [0.25, 0.3) is 5.57 Å². The number of hydrogen-bond donors (Lipinski definition) is 3. The molecule has 0 spiro atoms. The third kappa shape index (κ3) is 2.52. The van der Waals surface area contributed by atoms with Crippen LogP contribution in [0.2, 0.25) is 0 Å². The van der Waals surface area contributed by atoms with Gasteiger partial charge in [-0.25, -0.2) is 0 Å². The van der Waals surface area contributed by atoms with Gasteiger partial charge in [0.2, 0.25) is 0 Å². The molecule has 0 saturated heterocycles. The highest BCUT2D eigenvalue weighted by molar-refractivity contribution is 6.25. The van der Waals surface area contributed by atoms with Crippen LogP contribution in [0.3, 0.4) is 0 Å². The van der Waals surface area contributed by atoms with E-state index in [1.54, 1.807) is 12.1 Å². The van der Waals surface area contributed by atoms with E-state index in [1.807, 2.05) is 37.3 Å². The first-order valence-corrected chi connectivity index (χ1v) is 5.80. The zero-order valence-electron chi connectivity index (χ0n) is 9.52. The van der Waals surface area contributed by atoms with Gasteiger partial charge in [0.25, 0.3) is 0 Å². The van der Waals surface area contributed by atoms with Crippen molar-refractivity contribution in [3.05, 3.63) is 48.1 Å². The average molecular weight is 251 g/mol. The first-order valence-electron chi connectivity index (χ1n) is 5.42. The molecule has 90 valence electrons. The fraction of sp³-hybridized carbons (Fsp3) is 0.231. The minimum absolute atomic E-state index is 0.0693. The molecule has 4 N–H and O–H groups in total. The third-order valence-electron chi connectivity index (χ3n) is 2.99. The SMILES string of the molecule is CC1C=C(c2ccc(NO)cc2)C=CC1(N)Cl. The van der Waals surface area contributed by atoms with Crippen molar-refractivity contribution < 1.29 is 5.21 Å². The van der Waals surface area contributed by atoms with Crippen LogP contribution >= 0.6 is 11.6 Å². The van der Waals surface area contributed by atoms with Gasteiger partial charge < -0.3 is 5.73 Å². The molecule has 3 nitrogen and oxygen atoms in total. The lowest BCUT2D eigenvalue weighted by molar-refractivity contribution is 0.389. The first-order chi connectivity index (χ1) is 8.03. The Morgan fingerprint density at radius 1 is 1.35 bits per heavy atom. The molecule has 1 aliphatic rings. The third-order valence-corrected chi connectivity index (χ3v) is 3.46. The summed E-state index contributed by atoms with van der Waals surface area (Å²) in [7, 11) is 0. The molecule has 0 fully saturated rings. The lowest BCUT2D eigenvalue weighted by Crippen LogP contribution is -2.38. The molecule has 2 rings (SSSR count). The van der Waals surface area contributed by atoms with Gasteiger partial charge in [-0.05, 0) is 29.3 Å². The average Bonchev–Trinajstić information content (AvgIpc) is 2.33. The van der Waals surface area contributed by atoms with Crippen LogP contribution in [0.4, 0.5) is 5.69 Å².